The average molecular weight is 281 g/mol. The van der Waals surface area contributed by atoms with Gasteiger partial charge in [0.25, 0.3) is 0 Å². The van der Waals surface area contributed by atoms with Crippen LogP contribution in [0.4, 0.5) is 0 Å². The van der Waals surface area contributed by atoms with E-state index in [4.69, 9.17) is 0 Å². The first-order valence-electron chi connectivity index (χ1n) is 6.42. The number of methoxy groups -OCH3 is 1. The van der Waals surface area contributed by atoms with Crippen LogP contribution in [0.5, 0.6) is 0 Å². The zero-order valence-corrected chi connectivity index (χ0v) is 11.6. The van der Waals surface area contributed by atoms with Crippen LogP contribution in [0.3, 0.4) is 0 Å². The summed E-state index contributed by atoms with van der Waals surface area (Å²) in [5.41, 5.74) is 1.30. The molecule has 0 saturated heterocycles. The van der Waals surface area contributed by atoms with E-state index in [2.05, 4.69) is 9.72 Å². The molecular formula is C17H15NO3. The number of aromatic nitrogens is 1. The van der Waals surface area contributed by atoms with Gasteiger partial charge in [-0.15, -0.1) is 0 Å². The Hall–Kier alpha value is -2.88. The second kappa shape index (κ2) is 7.05. The molecule has 0 radical (unpaired) electrons. The molecule has 2 aromatic carbocycles. The zero-order valence-electron chi connectivity index (χ0n) is 11.6. The fourth-order valence-electron chi connectivity index (χ4n) is 1.93. The van der Waals surface area contributed by atoms with Crippen LogP contribution in [0, 0.1) is 0 Å². The van der Waals surface area contributed by atoms with E-state index in [0.717, 1.165) is 10.9 Å². The first-order chi connectivity index (χ1) is 10.3. The smallest absolute Gasteiger partial charge is 0.355 e. The predicted molar refractivity (Wildman–Crippen MR) is 81.5 cm³/mol. The van der Waals surface area contributed by atoms with Gasteiger partial charge in [0.15, 0.2) is 6.29 Å². The van der Waals surface area contributed by atoms with Gasteiger partial charge in [-0.25, -0.2) is 4.79 Å². The number of carbonyl (C=O) groups excluding carboxylic acids is 2. The second-order valence-corrected chi connectivity index (χ2v) is 4.22. The summed E-state index contributed by atoms with van der Waals surface area (Å²) in [6.07, 6.45) is 0.658. The van der Waals surface area contributed by atoms with E-state index in [9.17, 15) is 9.59 Å². The molecule has 0 spiro atoms. The Kier molecular flexibility index (Phi) is 4.88. The number of esters is 1. The number of aldehydes is 1. The van der Waals surface area contributed by atoms with Gasteiger partial charge in [0.2, 0.25) is 0 Å². The SMILES string of the molecule is COC(=O)c1[nH]c2ccccc2c1C=O.c1ccccc1. The summed E-state index contributed by atoms with van der Waals surface area (Å²) in [6.45, 7) is 0. The topological polar surface area (TPSA) is 59.2 Å². The molecule has 0 amide bonds. The molecule has 106 valence electrons. The van der Waals surface area contributed by atoms with Crippen molar-refractivity contribution in [3.05, 3.63) is 71.9 Å². The normalized spacial score (nSPS) is 9.57. The van der Waals surface area contributed by atoms with Crippen molar-refractivity contribution in [3.63, 3.8) is 0 Å². The maximum absolute atomic E-state index is 11.4. The summed E-state index contributed by atoms with van der Waals surface area (Å²) in [6, 6.07) is 19.2. The fraction of sp³-hybridized carbons (Fsp3) is 0.0588. The molecule has 0 saturated carbocycles. The number of ether oxygens (including phenoxy) is 1. The monoisotopic (exact) mass is 281 g/mol. The minimum absolute atomic E-state index is 0.203. The largest absolute Gasteiger partial charge is 0.464 e. The van der Waals surface area contributed by atoms with Crippen molar-refractivity contribution >= 4 is 23.2 Å². The Labute approximate surface area is 122 Å². The molecule has 3 aromatic rings. The van der Waals surface area contributed by atoms with Crippen molar-refractivity contribution < 1.29 is 14.3 Å². The van der Waals surface area contributed by atoms with Crippen molar-refractivity contribution in [2.45, 2.75) is 0 Å². The third-order valence-corrected chi connectivity index (χ3v) is 2.92. The Balaban J connectivity index is 0.000000225. The number of benzene rings is 2. The fourth-order valence-corrected chi connectivity index (χ4v) is 1.93. The maximum Gasteiger partial charge on any atom is 0.355 e. The summed E-state index contributed by atoms with van der Waals surface area (Å²) in [5.74, 6) is -0.534. The van der Waals surface area contributed by atoms with Gasteiger partial charge in [-0.05, 0) is 6.07 Å². The number of fused-ring (bicyclic) bond motifs is 1. The van der Waals surface area contributed by atoms with Crippen LogP contribution < -0.4 is 0 Å². The van der Waals surface area contributed by atoms with E-state index in [1.807, 2.05) is 48.5 Å². The highest BCUT2D eigenvalue weighted by Gasteiger charge is 2.16. The molecule has 0 aliphatic rings. The van der Waals surface area contributed by atoms with Crippen LogP contribution in [0.2, 0.25) is 0 Å². The van der Waals surface area contributed by atoms with Crippen LogP contribution in [0.25, 0.3) is 10.9 Å². The standard InChI is InChI=1S/C11H9NO3.C6H6/c1-15-11(14)10-8(6-13)7-4-2-3-5-9(7)12-10;1-2-4-6-5-3-1/h2-6,12H,1H3;1-6H. The molecule has 1 N–H and O–H groups in total. The Bertz CT molecular complexity index is 705. The molecule has 0 aliphatic carbocycles. The van der Waals surface area contributed by atoms with Gasteiger partial charge in [0, 0.05) is 10.9 Å². The van der Waals surface area contributed by atoms with Gasteiger partial charge in [-0.1, -0.05) is 54.6 Å². The number of H-pyrrole nitrogens is 1. The van der Waals surface area contributed by atoms with E-state index < -0.39 is 5.97 Å². The van der Waals surface area contributed by atoms with Crippen molar-refractivity contribution in [1.82, 2.24) is 4.98 Å². The zero-order chi connectivity index (χ0) is 15.1. The molecular weight excluding hydrogens is 266 g/mol. The molecule has 0 unspecified atom stereocenters. The average Bonchev–Trinajstić information content (AvgIpc) is 2.95. The molecule has 4 heteroatoms. The number of carbonyl (C=O) groups is 2. The maximum atomic E-state index is 11.4. The molecule has 1 heterocycles. The number of rotatable bonds is 2. The van der Waals surface area contributed by atoms with Crippen LogP contribution in [0.1, 0.15) is 20.8 Å². The van der Waals surface area contributed by atoms with Crippen molar-refractivity contribution in [2.24, 2.45) is 0 Å². The molecule has 3 rings (SSSR count). The first-order valence-corrected chi connectivity index (χ1v) is 6.42. The highest BCUT2D eigenvalue weighted by Crippen LogP contribution is 2.20. The second-order valence-electron chi connectivity index (χ2n) is 4.22. The lowest BCUT2D eigenvalue weighted by molar-refractivity contribution is 0.0593. The lowest BCUT2D eigenvalue weighted by Gasteiger charge is -1.95. The van der Waals surface area contributed by atoms with Gasteiger partial charge in [-0.2, -0.15) is 0 Å². The van der Waals surface area contributed by atoms with Crippen molar-refractivity contribution in [2.75, 3.05) is 7.11 Å². The van der Waals surface area contributed by atoms with Crippen LogP contribution in [-0.2, 0) is 4.74 Å². The molecule has 0 fully saturated rings. The van der Waals surface area contributed by atoms with Gasteiger partial charge in [0.1, 0.15) is 5.69 Å². The Morgan fingerprint density at radius 1 is 1.00 bits per heavy atom. The number of para-hydroxylation sites is 1. The Morgan fingerprint density at radius 2 is 1.57 bits per heavy atom. The summed E-state index contributed by atoms with van der Waals surface area (Å²) in [7, 11) is 1.28. The molecule has 21 heavy (non-hydrogen) atoms. The highest BCUT2D eigenvalue weighted by atomic mass is 16.5. The van der Waals surface area contributed by atoms with Crippen LogP contribution in [0.15, 0.2) is 60.7 Å². The third kappa shape index (κ3) is 3.36. The summed E-state index contributed by atoms with van der Waals surface area (Å²) in [4.78, 5) is 25.1. The lowest BCUT2D eigenvalue weighted by atomic mass is 10.1. The van der Waals surface area contributed by atoms with E-state index in [-0.39, 0.29) is 5.69 Å². The lowest BCUT2D eigenvalue weighted by Crippen LogP contribution is -2.04. The number of nitrogens with one attached hydrogen (secondary N) is 1. The molecule has 4 nitrogen and oxygen atoms in total. The van der Waals surface area contributed by atoms with Gasteiger partial charge in [0.05, 0.1) is 12.7 Å². The van der Waals surface area contributed by atoms with E-state index in [1.165, 1.54) is 7.11 Å². The number of aromatic amines is 1. The number of hydrogen-bond donors (Lipinski definition) is 1. The van der Waals surface area contributed by atoms with Gasteiger partial charge in [-0.3, -0.25) is 4.79 Å². The van der Waals surface area contributed by atoms with E-state index >= 15 is 0 Å². The predicted octanol–water partition coefficient (Wildman–Crippen LogP) is 3.45. The van der Waals surface area contributed by atoms with Crippen LogP contribution in [-0.4, -0.2) is 24.3 Å². The first kappa shape index (κ1) is 14.5. The molecule has 1 aromatic heterocycles. The molecule has 0 aliphatic heterocycles. The molecule has 0 atom stereocenters. The molecule has 0 bridgehead atoms. The minimum Gasteiger partial charge on any atom is -0.464 e. The van der Waals surface area contributed by atoms with Gasteiger partial charge >= 0.3 is 5.97 Å². The van der Waals surface area contributed by atoms with Gasteiger partial charge < -0.3 is 9.72 Å². The summed E-state index contributed by atoms with van der Waals surface area (Å²) < 4.78 is 4.58. The third-order valence-electron chi connectivity index (χ3n) is 2.92. The minimum atomic E-state index is -0.534. The quantitative estimate of drug-likeness (QED) is 0.578. The van der Waals surface area contributed by atoms with Crippen molar-refractivity contribution in [1.29, 1.82) is 0 Å². The Morgan fingerprint density at radius 3 is 2.10 bits per heavy atom. The number of hydrogen-bond acceptors (Lipinski definition) is 3. The van der Waals surface area contributed by atoms with E-state index in [1.54, 1.807) is 12.1 Å². The van der Waals surface area contributed by atoms with E-state index in [0.29, 0.717) is 11.8 Å². The summed E-state index contributed by atoms with van der Waals surface area (Å²) in [5, 5.41) is 0.730. The summed E-state index contributed by atoms with van der Waals surface area (Å²) >= 11 is 0. The van der Waals surface area contributed by atoms with Crippen molar-refractivity contribution in [3.8, 4) is 0 Å². The van der Waals surface area contributed by atoms with Crippen LogP contribution >= 0.6 is 0 Å². The highest BCUT2D eigenvalue weighted by molar-refractivity contribution is 6.07.